The fourth-order valence-electron chi connectivity index (χ4n) is 1.51. The summed E-state index contributed by atoms with van der Waals surface area (Å²) in [6, 6.07) is 12.1. The van der Waals surface area contributed by atoms with E-state index in [1.54, 1.807) is 30.3 Å². The molecule has 0 spiro atoms. The van der Waals surface area contributed by atoms with Gasteiger partial charge < -0.3 is 5.73 Å². The summed E-state index contributed by atoms with van der Waals surface area (Å²) in [5, 5.41) is 0.242. The molecule has 21 heavy (non-hydrogen) atoms. The summed E-state index contributed by atoms with van der Waals surface area (Å²) < 4.78 is 26.3. The van der Waals surface area contributed by atoms with Crippen molar-refractivity contribution in [3.05, 3.63) is 47.6 Å². The Bertz CT molecular complexity index is 706. The van der Waals surface area contributed by atoms with Crippen molar-refractivity contribution in [1.29, 1.82) is 0 Å². The van der Waals surface area contributed by atoms with Crippen LogP contribution in [0.5, 0.6) is 0 Å². The summed E-state index contributed by atoms with van der Waals surface area (Å²) in [5.41, 5.74) is 6.27. The fourth-order valence-corrected chi connectivity index (χ4v) is 3.98. The van der Waals surface area contributed by atoms with Crippen LogP contribution in [0, 0.1) is 0 Å². The first-order valence-corrected chi connectivity index (χ1v) is 9.08. The Morgan fingerprint density at radius 2 is 1.90 bits per heavy atom. The van der Waals surface area contributed by atoms with Crippen LogP contribution in [0.15, 0.2) is 47.4 Å². The number of nitrogens with one attached hydrogen (secondary N) is 1. The highest BCUT2D eigenvalue weighted by molar-refractivity contribution is 8.01. The molecule has 0 aliphatic rings. The van der Waals surface area contributed by atoms with Gasteiger partial charge in [-0.15, -0.1) is 11.8 Å². The first-order valence-electron chi connectivity index (χ1n) is 6.06. The molecule has 1 aromatic heterocycles. The third-order valence-corrected chi connectivity index (χ3v) is 5.22. The molecule has 0 fully saturated rings. The van der Waals surface area contributed by atoms with Gasteiger partial charge in [0.05, 0.1) is 5.75 Å². The second-order valence-corrected chi connectivity index (χ2v) is 7.58. The van der Waals surface area contributed by atoms with Crippen LogP contribution in [0.25, 0.3) is 0 Å². The number of pyridine rings is 1. The van der Waals surface area contributed by atoms with Crippen molar-refractivity contribution in [1.82, 2.24) is 4.98 Å². The average molecular weight is 344 g/mol. The van der Waals surface area contributed by atoms with Crippen LogP contribution in [0.4, 0.5) is 11.5 Å². The molecule has 1 aromatic carbocycles. The van der Waals surface area contributed by atoms with Crippen LogP contribution in [-0.2, 0) is 10.0 Å². The molecule has 1 heterocycles. The minimum atomic E-state index is -3.45. The van der Waals surface area contributed by atoms with E-state index in [9.17, 15) is 8.42 Å². The second kappa shape index (κ2) is 7.02. The standard InChI is InChI=1S/C13H14ClN3O2S2/c14-12-2-1-3-13(16-12)17-21(18,19)9-8-20-11-6-4-10(15)5-7-11/h1-7H,8-9,15H2,(H,16,17). The van der Waals surface area contributed by atoms with Crippen molar-refractivity contribution in [2.75, 3.05) is 22.0 Å². The van der Waals surface area contributed by atoms with Gasteiger partial charge in [-0.25, -0.2) is 13.4 Å². The van der Waals surface area contributed by atoms with Gasteiger partial charge in [0.15, 0.2) is 0 Å². The van der Waals surface area contributed by atoms with Crippen LogP contribution in [0.1, 0.15) is 0 Å². The Morgan fingerprint density at radius 3 is 2.57 bits per heavy atom. The minimum Gasteiger partial charge on any atom is -0.399 e. The summed E-state index contributed by atoms with van der Waals surface area (Å²) >= 11 is 7.16. The van der Waals surface area contributed by atoms with Gasteiger partial charge in [-0.05, 0) is 36.4 Å². The van der Waals surface area contributed by atoms with E-state index in [0.717, 1.165) is 4.90 Å². The average Bonchev–Trinajstić information content (AvgIpc) is 2.40. The molecule has 8 heteroatoms. The number of aromatic nitrogens is 1. The van der Waals surface area contributed by atoms with Crippen LogP contribution in [-0.4, -0.2) is 24.9 Å². The lowest BCUT2D eigenvalue weighted by molar-refractivity contribution is 0.602. The van der Waals surface area contributed by atoms with Crippen molar-refractivity contribution in [3.8, 4) is 0 Å². The SMILES string of the molecule is Nc1ccc(SCCS(=O)(=O)Nc2cccc(Cl)n2)cc1. The largest absolute Gasteiger partial charge is 0.399 e. The van der Waals surface area contributed by atoms with Gasteiger partial charge in [-0.2, -0.15) is 0 Å². The monoisotopic (exact) mass is 343 g/mol. The predicted octanol–water partition coefficient (Wildman–Crippen LogP) is 2.85. The number of sulfonamides is 1. The van der Waals surface area contributed by atoms with E-state index in [4.69, 9.17) is 17.3 Å². The van der Waals surface area contributed by atoms with E-state index >= 15 is 0 Å². The highest BCUT2D eigenvalue weighted by Gasteiger charge is 2.11. The molecule has 0 unspecified atom stereocenters. The first-order chi connectivity index (χ1) is 9.94. The van der Waals surface area contributed by atoms with Gasteiger partial charge in [0.1, 0.15) is 11.0 Å². The Morgan fingerprint density at radius 1 is 1.19 bits per heavy atom. The van der Waals surface area contributed by atoms with Crippen LogP contribution in [0.2, 0.25) is 5.15 Å². The Hall–Kier alpha value is -1.44. The maximum atomic E-state index is 11.9. The molecular formula is C13H14ClN3O2S2. The van der Waals surface area contributed by atoms with E-state index in [-0.39, 0.29) is 16.7 Å². The van der Waals surface area contributed by atoms with Crippen molar-refractivity contribution < 1.29 is 8.42 Å². The lowest BCUT2D eigenvalue weighted by Gasteiger charge is -2.07. The molecule has 2 aromatic rings. The number of nitrogens with zero attached hydrogens (tertiary/aromatic N) is 1. The number of thioether (sulfide) groups is 1. The summed E-state index contributed by atoms with van der Waals surface area (Å²) in [6.45, 7) is 0. The molecule has 2 rings (SSSR count). The first kappa shape index (κ1) is 15.9. The number of benzene rings is 1. The van der Waals surface area contributed by atoms with E-state index in [1.807, 2.05) is 12.1 Å². The number of hydrogen-bond acceptors (Lipinski definition) is 5. The molecule has 112 valence electrons. The van der Waals surface area contributed by atoms with Crippen molar-refractivity contribution in [2.24, 2.45) is 0 Å². The zero-order valence-electron chi connectivity index (χ0n) is 11.0. The summed E-state index contributed by atoms with van der Waals surface area (Å²) in [6.07, 6.45) is 0. The topological polar surface area (TPSA) is 85.1 Å². The molecule has 0 saturated carbocycles. The molecule has 0 bridgehead atoms. The van der Waals surface area contributed by atoms with Crippen molar-refractivity contribution >= 4 is 44.9 Å². The van der Waals surface area contributed by atoms with Gasteiger partial charge in [0, 0.05) is 16.3 Å². The number of nitrogen functional groups attached to an aromatic ring is 1. The minimum absolute atomic E-state index is 0.0176. The molecule has 0 aliphatic carbocycles. The van der Waals surface area contributed by atoms with Crippen LogP contribution < -0.4 is 10.5 Å². The fraction of sp³-hybridized carbons (Fsp3) is 0.154. The molecule has 0 saturated heterocycles. The van der Waals surface area contributed by atoms with Gasteiger partial charge in [0.25, 0.3) is 0 Å². The van der Waals surface area contributed by atoms with E-state index in [2.05, 4.69) is 9.71 Å². The van der Waals surface area contributed by atoms with E-state index < -0.39 is 10.0 Å². The molecule has 0 atom stereocenters. The third kappa shape index (κ3) is 5.45. The number of anilines is 2. The van der Waals surface area contributed by atoms with Gasteiger partial charge >= 0.3 is 0 Å². The van der Waals surface area contributed by atoms with E-state index in [1.165, 1.54) is 11.8 Å². The Kier molecular flexibility index (Phi) is 5.33. The summed E-state index contributed by atoms with van der Waals surface area (Å²) in [7, 11) is -3.45. The Balaban J connectivity index is 1.88. The predicted molar refractivity (Wildman–Crippen MR) is 88.2 cm³/mol. The summed E-state index contributed by atoms with van der Waals surface area (Å²) in [5.74, 6) is 0.635. The molecule has 0 radical (unpaired) electrons. The quantitative estimate of drug-likeness (QED) is 0.478. The molecular weight excluding hydrogens is 330 g/mol. The Labute approximate surface area is 133 Å². The van der Waals surface area contributed by atoms with Gasteiger partial charge in [-0.1, -0.05) is 17.7 Å². The second-order valence-electron chi connectivity index (χ2n) is 4.18. The lowest BCUT2D eigenvalue weighted by atomic mass is 10.3. The molecule has 3 N–H and O–H groups in total. The van der Waals surface area contributed by atoms with Crippen molar-refractivity contribution in [2.45, 2.75) is 4.90 Å². The lowest BCUT2D eigenvalue weighted by Crippen LogP contribution is -2.18. The number of halogens is 1. The third-order valence-electron chi connectivity index (χ3n) is 2.48. The summed E-state index contributed by atoms with van der Waals surface area (Å²) in [4.78, 5) is 4.86. The molecule has 0 amide bonds. The molecule has 5 nitrogen and oxygen atoms in total. The number of rotatable bonds is 6. The molecule has 0 aliphatic heterocycles. The van der Waals surface area contributed by atoms with Gasteiger partial charge in [-0.3, -0.25) is 4.72 Å². The number of hydrogen-bond donors (Lipinski definition) is 2. The highest BCUT2D eigenvalue weighted by atomic mass is 35.5. The van der Waals surface area contributed by atoms with Crippen LogP contribution in [0.3, 0.4) is 0 Å². The zero-order valence-corrected chi connectivity index (χ0v) is 13.4. The maximum absolute atomic E-state index is 11.9. The smallest absolute Gasteiger partial charge is 0.234 e. The van der Waals surface area contributed by atoms with Crippen LogP contribution >= 0.6 is 23.4 Å². The highest BCUT2D eigenvalue weighted by Crippen LogP contribution is 2.19. The zero-order chi connectivity index (χ0) is 15.3. The van der Waals surface area contributed by atoms with Crippen molar-refractivity contribution in [3.63, 3.8) is 0 Å². The maximum Gasteiger partial charge on any atom is 0.234 e. The van der Waals surface area contributed by atoms with Gasteiger partial charge in [0.2, 0.25) is 10.0 Å². The van der Waals surface area contributed by atoms with E-state index in [0.29, 0.717) is 11.4 Å². The normalized spacial score (nSPS) is 11.3. The number of nitrogens with two attached hydrogens (primary N) is 1.